The van der Waals surface area contributed by atoms with E-state index in [0.29, 0.717) is 23.9 Å². The minimum atomic E-state index is -0.278. The van der Waals surface area contributed by atoms with Gasteiger partial charge < -0.3 is 9.32 Å². The molecular formula is C26H22FN3O2. The summed E-state index contributed by atoms with van der Waals surface area (Å²) in [5.74, 6) is 0.554. The van der Waals surface area contributed by atoms with Crippen molar-refractivity contribution in [2.75, 3.05) is 0 Å². The number of nitrogens with zero attached hydrogens (tertiary/aromatic N) is 3. The summed E-state index contributed by atoms with van der Waals surface area (Å²) in [5.41, 5.74) is 4.29. The molecule has 0 radical (unpaired) electrons. The van der Waals surface area contributed by atoms with E-state index in [1.807, 2.05) is 48.2 Å². The Morgan fingerprint density at radius 3 is 2.03 bits per heavy atom. The highest BCUT2D eigenvalue weighted by molar-refractivity contribution is 5.95. The molecule has 5 nitrogen and oxygen atoms in total. The lowest BCUT2D eigenvalue weighted by atomic mass is 10.1. The van der Waals surface area contributed by atoms with Crippen LogP contribution >= 0.6 is 0 Å². The van der Waals surface area contributed by atoms with Gasteiger partial charge in [0.05, 0.1) is 0 Å². The molecule has 1 amide bonds. The molecule has 3 aromatic carbocycles. The summed E-state index contributed by atoms with van der Waals surface area (Å²) < 4.78 is 19.0. The molecule has 0 bridgehead atoms. The van der Waals surface area contributed by atoms with Crippen molar-refractivity contribution >= 4 is 5.91 Å². The lowest BCUT2D eigenvalue weighted by Gasteiger charge is -2.23. The standard InChI is InChI=1S/C26H22FN3O2/c1-17-2-6-19(7-3-17)24-28-29-25(32-24)20-8-10-21(11-9-20)26(31)30(23-14-15-23)16-18-4-12-22(27)13-5-18/h2-13,23H,14-16H2,1H3. The van der Waals surface area contributed by atoms with Crippen molar-refractivity contribution in [1.29, 1.82) is 0 Å². The smallest absolute Gasteiger partial charge is 0.254 e. The first-order valence-corrected chi connectivity index (χ1v) is 10.6. The highest BCUT2D eigenvalue weighted by atomic mass is 19.1. The van der Waals surface area contributed by atoms with Gasteiger partial charge in [0.1, 0.15) is 5.82 Å². The number of halogens is 1. The molecule has 4 aromatic rings. The Morgan fingerprint density at radius 2 is 1.47 bits per heavy atom. The second-order valence-corrected chi connectivity index (χ2v) is 8.15. The number of hydrogen-bond donors (Lipinski definition) is 0. The van der Waals surface area contributed by atoms with E-state index in [9.17, 15) is 9.18 Å². The number of amides is 1. The molecule has 32 heavy (non-hydrogen) atoms. The topological polar surface area (TPSA) is 59.2 Å². The van der Waals surface area contributed by atoms with E-state index in [-0.39, 0.29) is 17.8 Å². The molecule has 160 valence electrons. The van der Waals surface area contributed by atoms with Gasteiger partial charge in [-0.05, 0) is 73.9 Å². The van der Waals surface area contributed by atoms with Crippen molar-refractivity contribution < 1.29 is 13.6 Å². The Hall–Kier alpha value is -3.80. The van der Waals surface area contributed by atoms with Crippen LogP contribution in [0.4, 0.5) is 4.39 Å². The Morgan fingerprint density at radius 1 is 0.906 bits per heavy atom. The lowest BCUT2D eigenvalue weighted by molar-refractivity contribution is 0.0730. The largest absolute Gasteiger partial charge is 0.416 e. The predicted octanol–water partition coefficient (Wildman–Crippen LogP) is 5.66. The van der Waals surface area contributed by atoms with E-state index in [0.717, 1.165) is 35.1 Å². The maximum Gasteiger partial charge on any atom is 0.254 e. The fraction of sp³-hybridized carbons (Fsp3) is 0.192. The predicted molar refractivity (Wildman–Crippen MR) is 119 cm³/mol. The number of aryl methyl sites for hydroxylation is 1. The first-order valence-electron chi connectivity index (χ1n) is 10.6. The van der Waals surface area contributed by atoms with E-state index in [4.69, 9.17) is 4.42 Å². The molecule has 0 N–H and O–H groups in total. The van der Waals surface area contributed by atoms with Crippen molar-refractivity contribution in [2.45, 2.75) is 32.4 Å². The van der Waals surface area contributed by atoms with E-state index in [1.54, 1.807) is 24.3 Å². The SMILES string of the molecule is Cc1ccc(-c2nnc(-c3ccc(C(=O)N(Cc4ccc(F)cc4)C4CC4)cc3)o2)cc1. The van der Waals surface area contributed by atoms with Crippen LogP contribution in [0.2, 0.25) is 0 Å². The summed E-state index contributed by atoms with van der Waals surface area (Å²) in [6.07, 6.45) is 1.99. The molecule has 0 unspecified atom stereocenters. The average Bonchev–Trinajstić information content (AvgIpc) is 3.54. The van der Waals surface area contributed by atoms with Crippen LogP contribution < -0.4 is 0 Å². The van der Waals surface area contributed by atoms with Gasteiger partial charge >= 0.3 is 0 Å². The normalized spacial score (nSPS) is 13.2. The minimum absolute atomic E-state index is 0.0331. The molecule has 1 saturated carbocycles. The number of rotatable bonds is 6. The number of aromatic nitrogens is 2. The van der Waals surface area contributed by atoms with Crippen LogP contribution in [0.3, 0.4) is 0 Å². The molecule has 6 heteroatoms. The highest BCUT2D eigenvalue weighted by Gasteiger charge is 2.33. The molecule has 5 rings (SSSR count). The van der Waals surface area contributed by atoms with E-state index in [2.05, 4.69) is 10.2 Å². The Kier molecular flexibility index (Phi) is 5.27. The molecule has 0 saturated heterocycles. The van der Waals surface area contributed by atoms with Gasteiger partial charge in [0.25, 0.3) is 5.91 Å². The molecule has 0 spiro atoms. The molecule has 0 atom stereocenters. The molecular weight excluding hydrogens is 405 g/mol. The van der Waals surface area contributed by atoms with Crippen LogP contribution in [0.5, 0.6) is 0 Å². The number of carbonyl (C=O) groups is 1. The first kappa shape index (κ1) is 20.1. The van der Waals surface area contributed by atoms with Crippen LogP contribution in [0.25, 0.3) is 22.9 Å². The van der Waals surface area contributed by atoms with Crippen molar-refractivity contribution in [1.82, 2.24) is 15.1 Å². The van der Waals surface area contributed by atoms with Crippen LogP contribution in [-0.4, -0.2) is 27.0 Å². The van der Waals surface area contributed by atoms with Gasteiger partial charge in [0.2, 0.25) is 11.8 Å². The maximum absolute atomic E-state index is 13.2. The van der Waals surface area contributed by atoms with Crippen LogP contribution in [0.1, 0.15) is 34.3 Å². The quantitative estimate of drug-likeness (QED) is 0.399. The molecule has 1 heterocycles. The molecule has 1 fully saturated rings. The zero-order valence-corrected chi connectivity index (χ0v) is 17.7. The van der Waals surface area contributed by atoms with Gasteiger partial charge in [0.15, 0.2) is 0 Å². The average molecular weight is 427 g/mol. The van der Waals surface area contributed by atoms with Gasteiger partial charge in [-0.1, -0.05) is 29.8 Å². The lowest BCUT2D eigenvalue weighted by Crippen LogP contribution is -2.32. The Labute approximate surface area is 185 Å². The van der Waals surface area contributed by atoms with Crippen LogP contribution in [0, 0.1) is 12.7 Å². The highest BCUT2D eigenvalue weighted by Crippen LogP contribution is 2.30. The maximum atomic E-state index is 13.2. The van der Waals surface area contributed by atoms with Crippen LogP contribution in [0.15, 0.2) is 77.2 Å². The molecule has 1 aromatic heterocycles. The fourth-order valence-corrected chi connectivity index (χ4v) is 3.61. The third-order valence-electron chi connectivity index (χ3n) is 5.62. The summed E-state index contributed by atoms with van der Waals surface area (Å²) in [6, 6.07) is 21.6. The number of carbonyl (C=O) groups excluding carboxylic acids is 1. The van der Waals surface area contributed by atoms with Crippen molar-refractivity contribution in [2.24, 2.45) is 0 Å². The fourth-order valence-electron chi connectivity index (χ4n) is 3.61. The molecule has 0 aliphatic heterocycles. The van der Waals surface area contributed by atoms with Gasteiger partial charge in [0, 0.05) is 29.3 Å². The van der Waals surface area contributed by atoms with Crippen molar-refractivity contribution in [3.05, 3.63) is 95.3 Å². The second kappa shape index (κ2) is 8.38. The number of hydrogen-bond acceptors (Lipinski definition) is 4. The van der Waals surface area contributed by atoms with Crippen molar-refractivity contribution in [3.63, 3.8) is 0 Å². The van der Waals surface area contributed by atoms with Gasteiger partial charge in [-0.3, -0.25) is 4.79 Å². The minimum Gasteiger partial charge on any atom is -0.416 e. The van der Waals surface area contributed by atoms with Crippen molar-refractivity contribution in [3.8, 4) is 22.9 Å². The molecule has 1 aliphatic carbocycles. The van der Waals surface area contributed by atoms with Crippen LogP contribution in [-0.2, 0) is 6.54 Å². The monoisotopic (exact) mass is 427 g/mol. The summed E-state index contributed by atoms with van der Waals surface area (Å²) in [5, 5.41) is 8.30. The molecule has 1 aliphatic rings. The second-order valence-electron chi connectivity index (χ2n) is 8.15. The Balaban J connectivity index is 1.33. The number of benzene rings is 3. The summed E-state index contributed by atoms with van der Waals surface area (Å²) in [6.45, 7) is 2.49. The van der Waals surface area contributed by atoms with E-state index < -0.39 is 0 Å². The van der Waals surface area contributed by atoms with Gasteiger partial charge in [-0.2, -0.15) is 0 Å². The van der Waals surface area contributed by atoms with Gasteiger partial charge in [-0.25, -0.2) is 4.39 Å². The van der Waals surface area contributed by atoms with E-state index in [1.165, 1.54) is 12.1 Å². The first-order chi connectivity index (χ1) is 15.6. The third kappa shape index (κ3) is 4.30. The Bertz CT molecular complexity index is 1230. The summed E-state index contributed by atoms with van der Waals surface area (Å²) in [7, 11) is 0. The summed E-state index contributed by atoms with van der Waals surface area (Å²) >= 11 is 0. The summed E-state index contributed by atoms with van der Waals surface area (Å²) in [4.78, 5) is 15.0. The van der Waals surface area contributed by atoms with Gasteiger partial charge in [-0.15, -0.1) is 10.2 Å². The van der Waals surface area contributed by atoms with E-state index >= 15 is 0 Å². The zero-order chi connectivity index (χ0) is 22.1. The third-order valence-corrected chi connectivity index (χ3v) is 5.62. The zero-order valence-electron chi connectivity index (χ0n) is 17.7.